The molecule has 1 aliphatic heterocycles. The van der Waals surface area contributed by atoms with Crippen molar-refractivity contribution in [1.29, 1.82) is 0 Å². The topological polar surface area (TPSA) is 35.5 Å². The Balaban J connectivity index is 0.00000121. The molecule has 0 aromatic rings. The van der Waals surface area contributed by atoms with Gasteiger partial charge >= 0.3 is 5.97 Å². The fourth-order valence-electron chi connectivity index (χ4n) is 0.798. The SMILES string of the molecule is C=[C-]C(=C)OC1CCOC1=O.[Y]. The van der Waals surface area contributed by atoms with Crippen LogP contribution in [-0.4, -0.2) is 18.7 Å². The van der Waals surface area contributed by atoms with E-state index in [4.69, 9.17) is 4.74 Å². The number of esters is 1. The van der Waals surface area contributed by atoms with Crippen LogP contribution in [0.1, 0.15) is 6.42 Å². The van der Waals surface area contributed by atoms with E-state index in [9.17, 15) is 4.79 Å². The molecule has 1 atom stereocenters. The molecule has 3 nitrogen and oxygen atoms in total. The summed E-state index contributed by atoms with van der Waals surface area (Å²) >= 11 is 0. The molecule has 0 aromatic carbocycles. The molecule has 0 N–H and O–H groups in total. The van der Waals surface area contributed by atoms with Crippen LogP contribution in [0.3, 0.4) is 0 Å². The van der Waals surface area contributed by atoms with E-state index in [2.05, 4.69) is 24.0 Å². The molecule has 1 saturated heterocycles. The molecule has 1 aliphatic rings. The molecule has 0 bridgehead atoms. The minimum Gasteiger partial charge on any atom is -0.517 e. The molecule has 1 fully saturated rings. The van der Waals surface area contributed by atoms with Gasteiger partial charge < -0.3 is 9.47 Å². The van der Waals surface area contributed by atoms with Gasteiger partial charge in [-0.25, -0.2) is 17.4 Å². The summed E-state index contributed by atoms with van der Waals surface area (Å²) in [6.45, 7) is 7.22. The molecule has 4 heteroatoms. The van der Waals surface area contributed by atoms with Crippen molar-refractivity contribution < 1.29 is 47.0 Å². The summed E-state index contributed by atoms with van der Waals surface area (Å²) in [5, 5.41) is 0. The minimum atomic E-state index is -0.503. The van der Waals surface area contributed by atoms with Gasteiger partial charge in [-0.1, -0.05) is 5.76 Å². The average molecular weight is 242 g/mol. The first kappa shape index (κ1) is 11.9. The zero-order chi connectivity index (χ0) is 8.27. The van der Waals surface area contributed by atoms with Crippen LogP contribution in [-0.2, 0) is 47.0 Å². The predicted octanol–water partition coefficient (Wildman–Crippen LogP) is 0.819. The van der Waals surface area contributed by atoms with Gasteiger partial charge in [0, 0.05) is 39.1 Å². The molecule has 1 radical (unpaired) electrons. The smallest absolute Gasteiger partial charge is 0.347 e. The Kier molecular flexibility index (Phi) is 5.42. The summed E-state index contributed by atoms with van der Waals surface area (Å²) in [6.07, 6.45) is 2.52. The molecule has 0 amide bonds. The van der Waals surface area contributed by atoms with Gasteiger partial charge in [-0.2, -0.15) is 6.58 Å². The van der Waals surface area contributed by atoms with Gasteiger partial charge in [0.05, 0.1) is 6.61 Å². The van der Waals surface area contributed by atoms with Crippen molar-refractivity contribution in [3.63, 3.8) is 0 Å². The number of carbonyl (C=O) groups is 1. The van der Waals surface area contributed by atoms with E-state index >= 15 is 0 Å². The summed E-state index contributed by atoms with van der Waals surface area (Å²) in [6, 6.07) is 0. The monoisotopic (exact) mass is 242 g/mol. The molecule has 0 spiro atoms. The summed E-state index contributed by atoms with van der Waals surface area (Å²) in [4.78, 5) is 10.8. The average Bonchev–Trinajstić information content (AvgIpc) is 2.37. The zero-order valence-electron chi connectivity index (χ0n) is 6.71. The van der Waals surface area contributed by atoms with Crippen molar-refractivity contribution >= 4 is 5.97 Å². The van der Waals surface area contributed by atoms with Gasteiger partial charge in [0.25, 0.3) is 0 Å². The molecule has 1 heterocycles. The Morgan fingerprint density at radius 1 is 1.75 bits per heavy atom. The molecule has 63 valence electrons. The molecule has 12 heavy (non-hydrogen) atoms. The fraction of sp³-hybridized carbons (Fsp3) is 0.375. The van der Waals surface area contributed by atoms with Crippen molar-refractivity contribution in [2.24, 2.45) is 0 Å². The summed E-state index contributed by atoms with van der Waals surface area (Å²) in [5.41, 5.74) is 0. The maximum Gasteiger partial charge on any atom is 0.347 e. The van der Waals surface area contributed by atoms with E-state index in [1.165, 1.54) is 0 Å². The molecule has 0 saturated carbocycles. The number of hydrogen-bond donors (Lipinski definition) is 0. The third-order valence-electron chi connectivity index (χ3n) is 1.37. The zero-order valence-corrected chi connectivity index (χ0v) is 9.55. The Bertz CT molecular complexity index is 200. The van der Waals surface area contributed by atoms with E-state index < -0.39 is 6.10 Å². The van der Waals surface area contributed by atoms with Crippen LogP contribution in [0.15, 0.2) is 18.9 Å². The van der Waals surface area contributed by atoms with Crippen molar-refractivity contribution in [1.82, 2.24) is 0 Å². The largest absolute Gasteiger partial charge is 0.517 e. The first-order chi connectivity index (χ1) is 5.24. The molecule has 0 aromatic heterocycles. The Morgan fingerprint density at radius 2 is 2.42 bits per heavy atom. The molecule has 1 unspecified atom stereocenters. The van der Waals surface area contributed by atoms with Crippen molar-refractivity contribution in [3.05, 3.63) is 25.0 Å². The molecular weight excluding hydrogens is 233 g/mol. The maximum absolute atomic E-state index is 10.8. The molecule has 0 aliphatic carbocycles. The number of hydrogen-bond acceptors (Lipinski definition) is 3. The van der Waals surface area contributed by atoms with Gasteiger partial charge in [-0.15, -0.1) is 0 Å². The van der Waals surface area contributed by atoms with Crippen LogP contribution in [0.5, 0.6) is 0 Å². The van der Waals surface area contributed by atoms with Crippen LogP contribution >= 0.6 is 0 Å². The van der Waals surface area contributed by atoms with E-state index in [0.717, 1.165) is 0 Å². The van der Waals surface area contributed by atoms with E-state index in [-0.39, 0.29) is 44.4 Å². The first-order valence-electron chi connectivity index (χ1n) is 3.29. The van der Waals surface area contributed by atoms with Crippen LogP contribution in [0.2, 0.25) is 0 Å². The summed E-state index contributed by atoms with van der Waals surface area (Å²) in [5.74, 6) is -0.0461. The van der Waals surface area contributed by atoms with E-state index in [1.54, 1.807) is 0 Å². The van der Waals surface area contributed by atoms with E-state index in [0.29, 0.717) is 13.0 Å². The van der Waals surface area contributed by atoms with Crippen LogP contribution in [0.25, 0.3) is 0 Å². The quantitative estimate of drug-likeness (QED) is 0.318. The van der Waals surface area contributed by atoms with Crippen molar-refractivity contribution in [2.45, 2.75) is 12.5 Å². The van der Waals surface area contributed by atoms with Gasteiger partial charge in [0.2, 0.25) is 0 Å². The summed E-state index contributed by atoms with van der Waals surface area (Å²) in [7, 11) is 0. The van der Waals surface area contributed by atoms with E-state index in [1.807, 2.05) is 0 Å². The van der Waals surface area contributed by atoms with Crippen LogP contribution in [0, 0.1) is 6.08 Å². The van der Waals surface area contributed by atoms with Crippen LogP contribution in [0.4, 0.5) is 0 Å². The number of rotatable bonds is 3. The van der Waals surface area contributed by atoms with Gasteiger partial charge in [0.1, 0.15) is 0 Å². The third kappa shape index (κ3) is 3.07. The van der Waals surface area contributed by atoms with Crippen molar-refractivity contribution in [2.75, 3.05) is 6.61 Å². The molecule has 1 rings (SSSR count). The first-order valence-corrected chi connectivity index (χ1v) is 3.29. The fourth-order valence-corrected chi connectivity index (χ4v) is 0.798. The normalized spacial score (nSPS) is 20.7. The molecular formula is C8H9O3Y-. The minimum absolute atomic E-state index is 0. The number of allylic oxidation sites excluding steroid dienone is 1. The van der Waals surface area contributed by atoms with Crippen LogP contribution < -0.4 is 0 Å². The Hall–Kier alpha value is -0.146. The third-order valence-corrected chi connectivity index (χ3v) is 1.37. The van der Waals surface area contributed by atoms with Gasteiger partial charge in [-0.3, -0.25) is 0 Å². The Morgan fingerprint density at radius 3 is 2.83 bits per heavy atom. The second-order valence-corrected chi connectivity index (χ2v) is 2.16. The second-order valence-electron chi connectivity index (χ2n) is 2.16. The number of ether oxygens (including phenoxy) is 2. The predicted molar refractivity (Wildman–Crippen MR) is 38.5 cm³/mol. The second kappa shape index (κ2) is 5.49. The number of carbonyl (C=O) groups excluding carboxylic acids is 1. The van der Waals surface area contributed by atoms with Gasteiger partial charge in [0.15, 0.2) is 6.10 Å². The Labute approximate surface area is 96.7 Å². The maximum atomic E-state index is 10.8. The number of cyclic esters (lactones) is 1. The summed E-state index contributed by atoms with van der Waals surface area (Å²) < 4.78 is 9.69. The standard InChI is InChI=1S/C8H9O3.Y/c1-3-6(2)11-7-4-5-10-8(7)9;/h7H,1-2,4-5H2;/q-1;. The van der Waals surface area contributed by atoms with Crippen molar-refractivity contribution in [3.8, 4) is 0 Å². The van der Waals surface area contributed by atoms with Gasteiger partial charge in [-0.05, 0) is 0 Å².